The summed E-state index contributed by atoms with van der Waals surface area (Å²) in [7, 11) is 1.55. The number of benzene rings is 3. The van der Waals surface area contributed by atoms with E-state index in [4.69, 9.17) is 4.74 Å². The summed E-state index contributed by atoms with van der Waals surface area (Å²) >= 11 is 2.47. The van der Waals surface area contributed by atoms with Gasteiger partial charge in [-0.3, -0.25) is 14.9 Å². The normalized spacial score (nSPS) is 10.6. The first-order valence-corrected chi connectivity index (χ1v) is 11.1. The lowest BCUT2D eigenvalue weighted by Gasteiger charge is -2.08. The van der Waals surface area contributed by atoms with Crippen molar-refractivity contribution in [2.45, 2.75) is 4.34 Å². The van der Waals surface area contributed by atoms with Crippen LogP contribution in [-0.4, -0.2) is 34.9 Å². The number of rotatable bonds is 7. The largest absolute Gasteiger partial charge is 0.495 e. The number of methoxy groups -OCH3 is 1. The van der Waals surface area contributed by atoms with Gasteiger partial charge in [0.05, 0.1) is 18.6 Å². The fourth-order valence-corrected chi connectivity index (χ4v) is 4.51. The van der Waals surface area contributed by atoms with Gasteiger partial charge in [-0.15, -0.1) is 10.2 Å². The zero-order chi connectivity index (χ0) is 21.6. The van der Waals surface area contributed by atoms with E-state index in [1.165, 1.54) is 23.1 Å². The number of carbonyl (C=O) groups excluding carboxylic acids is 2. The molecule has 2 N–H and O–H groups in total. The maximum absolute atomic E-state index is 12.7. The summed E-state index contributed by atoms with van der Waals surface area (Å²) in [5.74, 6) is 0.309. The van der Waals surface area contributed by atoms with Gasteiger partial charge in [0.15, 0.2) is 4.34 Å². The van der Waals surface area contributed by atoms with Crippen molar-refractivity contribution in [2.24, 2.45) is 0 Å². The second-order valence-corrected chi connectivity index (χ2v) is 8.59. The van der Waals surface area contributed by atoms with Gasteiger partial charge >= 0.3 is 0 Å². The van der Waals surface area contributed by atoms with Crippen LogP contribution < -0.4 is 15.4 Å². The van der Waals surface area contributed by atoms with Crippen molar-refractivity contribution in [2.75, 3.05) is 23.5 Å². The zero-order valence-electron chi connectivity index (χ0n) is 16.5. The van der Waals surface area contributed by atoms with E-state index < -0.39 is 0 Å². The summed E-state index contributed by atoms with van der Waals surface area (Å²) in [6.45, 7) is 0. The third-order valence-corrected chi connectivity index (χ3v) is 6.34. The van der Waals surface area contributed by atoms with Gasteiger partial charge in [-0.2, -0.15) is 0 Å². The zero-order valence-corrected chi connectivity index (χ0v) is 18.1. The summed E-state index contributed by atoms with van der Waals surface area (Å²) in [5, 5.41) is 15.9. The molecule has 0 atom stereocenters. The quantitative estimate of drug-likeness (QED) is 0.314. The second-order valence-electron chi connectivity index (χ2n) is 6.39. The Labute approximate surface area is 186 Å². The Morgan fingerprint density at radius 1 is 0.968 bits per heavy atom. The van der Waals surface area contributed by atoms with E-state index in [2.05, 4.69) is 20.8 Å². The average molecular weight is 451 g/mol. The number of carbonyl (C=O) groups is 2. The molecule has 0 radical (unpaired) electrons. The Morgan fingerprint density at radius 2 is 1.74 bits per heavy atom. The first-order valence-electron chi connectivity index (χ1n) is 9.32. The fraction of sp³-hybridized carbons (Fsp3) is 0.0909. The molecule has 9 heteroatoms. The van der Waals surface area contributed by atoms with E-state index in [9.17, 15) is 9.59 Å². The molecule has 4 aromatic rings. The molecule has 1 heterocycles. The van der Waals surface area contributed by atoms with Crippen molar-refractivity contribution >= 4 is 56.5 Å². The molecule has 0 saturated heterocycles. The molecule has 7 nitrogen and oxygen atoms in total. The second kappa shape index (κ2) is 9.59. The van der Waals surface area contributed by atoms with Crippen molar-refractivity contribution in [3.63, 3.8) is 0 Å². The Bertz CT molecular complexity index is 1240. The number of hydrogen-bond acceptors (Lipinski definition) is 7. The number of amides is 2. The van der Waals surface area contributed by atoms with Crippen LogP contribution in [-0.2, 0) is 4.79 Å². The number of fused-ring (bicyclic) bond motifs is 1. The number of ether oxygens (including phenoxy) is 1. The molecule has 0 aliphatic heterocycles. The lowest BCUT2D eigenvalue weighted by atomic mass is 10.0. The maximum Gasteiger partial charge on any atom is 0.258 e. The summed E-state index contributed by atoms with van der Waals surface area (Å²) in [4.78, 5) is 25.0. The fourth-order valence-electron chi connectivity index (χ4n) is 2.97. The number of anilines is 2. The first-order chi connectivity index (χ1) is 15.1. The molecule has 156 valence electrons. The minimum atomic E-state index is -0.251. The van der Waals surface area contributed by atoms with Gasteiger partial charge in [-0.1, -0.05) is 71.6 Å². The predicted octanol–water partition coefficient (Wildman–Crippen LogP) is 4.68. The highest BCUT2D eigenvalue weighted by Crippen LogP contribution is 2.28. The molecule has 31 heavy (non-hydrogen) atoms. The van der Waals surface area contributed by atoms with Crippen LogP contribution in [0, 0.1) is 0 Å². The lowest BCUT2D eigenvalue weighted by molar-refractivity contribution is -0.113. The van der Waals surface area contributed by atoms with Crippen molar-refractivity contribution in [1.82, 2.24) is 10.2 Å². The first kappa shape index (κ1) is 20.8. The SMILES string of the molecule is COc1ccccc1NC(=O)CSc1nnc(NC(=O)c2cccc3ccccc23)s1. The Hall–Kier alpha value is -3.43. The van der Waals surface area contributed by atoms with Crippen LogP contribution in [0.5, 0.6) is 5.75 Å². The van der Waals surface area contributed by atoms with Gasteiger partial charge in [-0.25, -0.2) is 0 Å². The van der Waals surface area contributed by atoms with Gasteiger partial charge in [0, 0.05) is 5.56 Å². The summed E-state index contributed by atoms with van der Waals surface area (Å²) < 4.78 is 5.82. The number of nitrogens with one attached hydrogen (secondary N) is 2. The smallest absolute Gasteiger partial charge is 0.258 e. The topological polar surface area (TPSA) is 93.2 Å². The van der Waals surface area contributed by atoms with Crippen molar-refractivity contribution in [3.8, 4) is 5.75 Å². The van der Waals surface area contributed by atoms with Crippen LogP contribution in [0.2, 0.25) is 0 Å². The van der Waals surface area contributed by atoms with Gasteiger partial charge < -0.3 is 10.1 Å². The molecule has 0 aliphatic rings. The Balaban J connectivity index is 1.36. The molecule has 0 spiro atoms. The highest BCUT2D eigenvalue weighted by Gasteiger charge is 2.14. The minimum absolute atomic E-state index is 0.157. The highest BCUT2D eigenvalue weighted by atomic mass is 32.2. The van der Waals surface area contributed by atoms with E-state index >= 15 is 0 Å². The third-order valence-electron chi connectivity index (χ3n) is 4.37. The number of hydrogen-bond donors (Lipinski definition) is 2. The molecular formula is C22H18N4O3S2. The lowest BCUT2D eigenvalue weighted by Crippen LogP contribution is -2.14. The molecule has 1 aromatic heterocycles. The molecule has 0 aliphatic carbocycles. The van der Waals surface area contributed by atoms with Crippen LogP contribution in [0.1, 0.15) is 10.4 Å². The summed E-state index contributed by atoms with van der Waals surface area (Å²) in [5.41, 5.74) is 1.18. The van der Waals surface area contributed by atoms with E-state index in [1.54, 1.807) is 25.3 Å². The van der Waals surface area contributed by atoms with Gasteiger partial charge in [0.2, 0.25) is 11.0 Å². The number of para-hydroxylation sites is 2. The predicted molar refractivity (Wildman–Crippen MR) is 124 cm³/mol. The minimum Gasteiger partial charge on any atom is -0.495 e. The number of nitrogens with zero attached hydrogens (tertiary/aromatic N) is 2. The van der Waals surface area contributed by atoms with E-state index in [0.717, 1.165) is 10.8 Å². The van der Waals surface area contributed by atoms with Crippen LogP contribution in [0.4, 0.5) is 10.8 Å². The number of aromatic nitrogens is 2. The van der Waals surface area contributed by atoms with Crippen LogP contribution in [0.15, 0.2) is 71.1 Å². The molecule has 2 amide bonds. The van der Waals surface area contributed by atoms with E-state index in [0.29, 0.717) is 26.5 Å². The van der Waals surface area contributed by atoms with Crippen molar-refractivity contribution in [1.29, 1.82) is 0 Å². The van der Waals surface area contributed by atoms with Crippen molar-refractivity contribution in [3.05, 3.63) is 72.3 Å². The molecular weight excluding hydrogens is 432 g/mol. The van der Waals surface area contributed by atoms with Crippen LogP contribution in [0.3, 0.4) is 0 Å². The van der Waals surface area contributed by atoms with E-state index in [1.807, 2.05) is 48.5 Å². The molecule has 4 rings (SSSR count). The van der Waals surface area contributed by atoms with Crippen LogP contribution >= 0.6 is 23.1 Å². The summed E-state index contributed by atoms with van der Waals surface area (Å²) in [6, 6.07) is 20.5. The van der Waals surface area contributed by atoms with Gasteiger partial charge in [0.1, 0.15) is 5.75 Å². The highest BCUT2D eigenvalue weighted by molar-refractivity contribution is 8.01. The average Bonchev–Trinajstić information content (AvgIpc) is 3.25. The maximum atomic E-state index is 12.7. The Kier molecular flexibility index (Phi) is 6.44. The molecule has 3 aromatic carbocycles. The standard InChI is InChI=1S/C22H18N4O3S2/c1-29-18-12-5-4-11-17(18)23-19(27)13-30-22-26-25-21(31-22)24-20(28)16-10-6-8-14-7-2-3-9-15(14)16/h2-12H,13H2,1H3,(H,23,27)(H,24,25,28). The number of thioether (sulfide) groups is 1. The van der Waals surface area contributed by atoms with Crippen LogP contribution in [0.25, 0.3) is 10.8 Å². The monoisotopic (exact) mass is 450 g/mol. The molecule has 0 unspecified atom stereocenters. The van der Waals surface area contributed by atoms with Gasteiger partial charge in [-0.05, 0) is 29.0 Å². The molecule has 0 fully saturated rings. The van der Waals surface area contributed by atoms with Crippen molar-refractivity contribution < 1.29 is 14.3 Å². The summed E-state index contributed by atoms with van der Waals surface area (Å²) in [6.07, 6.45) is 0. The van der Waals surface area contributed by atoms with Gasteiger partial charge in [0.25, 0.3) is 5.91 Å². The third kappa shape index (κ3) is 5.01. The molecule has 0 saturated carbocycles. The Morgan fingerprint density at radius 3 is 2.61 bits per heavy atom. The molecule has 0 bridgehead atoms. The van der Waals surface area contributed by atoms with E-state index in [-0.39, 0.29) is 17.6 Å².